The molecule has 2 atom stereocenters. The van der Waals surface area contributed by atoms with Gasteiger partial charge >= 0.3 is 0 Å². The van der Waals surface area contributed by atoms with Crippen LogP contribution in [0.25, 0.3) is 0 Å². The van der Waals surface area contributed by atoms with E-state index in [2.05, 4.69) is 53.7 Å². The fourth-order valence-electron chi connectivity index (χ4n) is 6.62. The molecule has 2 heterocycles. The first-order chi connectivity index (χ1) is 21.9. The van der Waals surface area contributed by atoms with Gasteiger partial charge in [0.25, 0.3) is 0 Å². The molecule has 0 fully saturated rings. The highest BCUT2D eigenvalue weighted by Crippen LogP contribution is 2.40. The van der Waals surface area contributed by atoms with Crippen LogP contribution in [0.5, 0.6) is 40.2 Å². The number of methoxy groups -OCH3 is 4. The second kappa shape index (κ2) is 13.3. The number of hydrogen-bond donors (Lipinski definition) is 2. The van der Waals surface area contributed by atoms with Gasteiger partial charge in [0.15, 0.2) is 34.5 Å². The molecule has 45 heavy (non-hydrogen) atoms. The van der Waals surface area contributed by atoms with Gasteiger partial charge in [-0.3, -0.25) is 4.90 Å². The van der Waals surface area contributed by atoms with Crippen LogP contribution in [0.3, 0.4) is 0 Å². The van der Waals surface area contributed by atoms with Gasteiger partial charge in [-0.1, -0.05) is 18.2 Å². The van der Waals surface area contributed by atoms with E-state index in [1.807, 2.05) is 24.3 Å². The third-order valence-corrected chi connectivity index (χ3v) is 9.12. The molecule has 236 valence electrons. The van der Waals surface area contributed by atoms with Crippen LogP contribution in [-0.2, 0) is 25.7 Å². The van der Waals surface area contributed by atoms with Crippen LogP contribution in [0.15, 0.2) is 66.7 Å². The molecular formula is C37H42N2O6. The maximum atomic E-state index is 10.7. The molecule has 2 N–H and O–H groups in total. The fraction of sp³-hybridized carbons (Fsp3) is 0.351. The number of nitrogens with zero attached hydrogens (tertiary/aromatic N) is 1. The Kier molecular flexibility index (Phi) is 9.05. The predicted molar refractivity (Wildman–Crippen MR) is 175 cm³/mol. The van der Waals surface area contributed by atoms with Gasteiger partial charge in [-0.25, -0.2) is 0 Å². The highest BCUT2D eigenvalue weighted by Gasteiger charge is 2.27. The normalized spacial score (nSPS) is 17.6. The maximum Gasteiger partial charge on any atom is 0.169 e. The van der Waals surface area contributed by atoms with Crippen molar-refractivity contribution in [1.82, 2.24) is 10.2 Å². The van der Waals surface area contributed by atoms with E-state index >= 15 is 0 Å². The van der Waals surface area contributed by atoms with Gasteiger partial charge in [0.05, 0.1) is 28.4 Å². The van der Waals surface area contributed by atoms with Gasteiger partial charge in [0, 0.05) is 18.6 Å². The van der Waals surface area contributed by atoms with Crippen molar-refractivity contribution in [3.05, 3.63) is 100 Å². The highest BCUT2D eigenvalue weighted by molar-refractivity contribution is 5.52. The second-order valence-electron chi connectivity index (χ2n) is 11.8. The van der Waals surface area contributed by atoms with Crippen LogP contribution in [-0.4, -0.2) is 58.6 Å². The Labute approximate surface area is 265 Å². The van der Waals surface area contributed by atoms with Crippen molar-refractivity contribution in [2.24, 2.45) is 0 Å². The molecule has 4 aromatic rings. The van der Waals surface area contributed by atoms with E-state index in [4.69, 9.17) is 23.7 Å². The van der Waals surface area contributed by atoms with E-state index in [0.717, 1.165) is 67.3 Å². The van der Waals surface area contributed by atoms with Gasteiger partial charge in [-0.2, -0.15) is 0 Å². The molecular weight excluding hydrogens is 568 g/mol. The highest BCUT2D eigenvalue weighted by atomic mass is 16.5. The summed E-state index contributed by atoms with van der Waals surface area (Å²) in [5.41, 5.74) is 7.30. The van der Waals surface area contributed by atoms with E-state index in [-0.39, 0.29) is 17.8 Å². The van der Waals surface area contributed by atoms with E-state index < -0.39 is 0 Å². The number of aromatic hydroxyl groups is 1. The minimum atomic E-state index is 0.106. The summed E-state index contributed by atoms with van der Waals surface area (Å²) in [7, 11) is 8.86. The third kappa shape index (κ3) is 6.39. The van der Waals surface area contributed by atoms with Crippen molar-refractivity contribution in [3.8, 4) is 40.2 Å². The minimum Gasteiger partial charge on any atom is -0.504 e. The van der Waals surface area contributed by atoms with Crippen LogP contribution in [0, 0.1) is 0 Å². The smallest absolute Gasteiger partial charge is 0.169 e. The van der Waals surface area contributed by atoms with Crippen LogP contribution >= 0.6 is 0 Å². The number of phenolic OH excluding ortho intramolecular Hbond substituents is 1. The van der Waals surface area contributed by atoms with Gasteiger partial charge in [-0.05, 0) is 121 Å². The monoisotopic (exact) mass is 610 g/mol. The molecule has 0 aliphatic carbocycles. The summed E-state index contributed by atoms with van der Waals surface area (Å²) in [5, 5.41) is 14.3. The first-order valence-electron chi connectivity index (χ1n) is 15.4. The Morgan fingerprint density at radius 1 is 0.689 bits per heavy atom. The largest absolute Gasteiger partial charge is 0.504 e. The number of likely N-dealkylation sites (N-methyl/N-ethyl adjacent to an activating group) is 1. The first-order valence-corrected chi connectivity index (χ1v) is 15.4. The Morgan fingerprint density at radius 3 is 1.96 bits per heavy atom. The second-order valence-corrected chi connectivity index (χ2v) is 11.8. The molecule has 0 unspecified atom stereocenters. The molecule has 8 nitrogen and oxygen atoms in total. The molecule has 0 spiro atoms. The lowest BCUT2D eigenvalue weighted by Crippen LogP contribution is -2.33. The van der Waals surface area contributed by atoms with Crippen molar-refractivity contribution in [3.63, 3.8) is 0 Å². The van der Waals surface area contributed by atoms with Crippen molar-refractivity contribution < 1.29 is 28.8 Å². The number of phenols is 1. The molecule has 0 saturated heterocycles. The number of ether oxygens (including phenoxy) is 5. The summed E-state index contributed by atoms with van der Waals surface area (Å²) in [6, 6.07) is 22.4. The number of rotatable bonds is 10. The van der Waals surface area contributed by atoms with E-state index in [1.165, 1.54) is 27.8 Å². The molecule has 4 aromatic carbocycles. The molecule has 0 bridgehead atoms. The van der Waals surface area contributed by atoms with Gasteiger partial charge in [-0.15, -0.1) is 0 Å². The zero-order chi connectivity index (χ0) is 31.5. The van der Waals surface area contributed by atoms with Crippen LogP contribution in [0.1, 0.15) is 45.5 Å². The predicted octanol–water partition coefficient (Wildman–Crippen LogP) is 6.42. The van der Waals surface area contributed by atoms with Crippen molar-refractivity contribution in [1.29, 1.82) is 0 Å². The fourth-order valence-corrected chi connectivity index (χ4v) is 6.62. The zero-order valence-corrected chi connectivity index (χ0v) is 26.7. The average molecular weight is 611 g/mol. The van der Waals surface area contributed by atoms with Crippen molar-refractivity contribution in [2.45, 2.75) is 37.8 Å². The lowest BCUT2D eigenvalue weighted by molar-refractivity contribution is 0.228. The first kappa shape index (κ1) is 30.6. The standard InChI is InChI=1S/C37H42N2O6/c1-39-15-13-26-20-35(42-3)37(44-5)22-29(26)31(39)17-23-6-9-27(10-7-23)45-33-18-24(8-11-32(33)40)16-30-28-21-36(43-4)34(41-2)19-25(28)12-14-38-30/h6-11,18-22,30-31,38,40H,12-17H2,1-5H3/t30-,31-/m1/s1. The van der Waals surface area contributed by atoms with Crippen LogP contribution < -0.4 is 29.0 Å². The minimum absolute atomic E-state index is 0.106. The quantitative estimate of drug-likeness (QED) is 0.213. The summed E-state index contributed by atoms with van der Waals surface area (Å²) >= 11 is 0. The topological polar surface area (TPSA) is 81.7 Å². The number of benzene rings is 4. The maximum absolute atomic E-state index is 10.7. The van der Waals surface area contributed by atoms with Crippen molar-refractivity contribution >= 4 is 0 Å². The SMILES string of the molecule is COc1cc2c(cc1OC)[C@@H](Cc1ccc(Oc3cc(C[C@H]4NCCc5cc(OC)c(OC)cc54)ccc3O)cc1)N(C)CC2. The summed E-state index contributed by atoms with van der Waals surface area (Å²) < 4.78 is 28.5. The molecule has 2 aliphatic heterocycles. The summed E-state index contributed by atoms with van der Waals surface area (Å²) in [5.74, 6) is 4.22. The Balaban J connectivity index is 1.17. The lowest BCUT2D eigenvalue weighted by Gasteiger charge is -2.35. The van der Waals surface area contributed by atoms with E-state index in [9.17, 15) is 5.11 Å². The van der Waals surface area contributed by atoms with Gasteiger partial charge < -0.3 is 34.1 Å². The average Bonchev–Trinajstić information content (AvgIpc) is 3.07. The Bertz CT molecular complexity index is 1650. The molecule has 8 heteroatoms. The molecule has 6 rings (SSSR count). The van der Waals surface area contributed by atoms with Crippen molar-refractivity contribution in [2.75, 3.05) is 48.6 Å². The Hall–Kier alpha value is -4.40. The molecule has 0 aromatic heterocycles. The lowest BCUT2D eigenvalue weighted by atomic mass is 9.88. The molecule has 0 radical (unpaired) electrons. The number of fused-ring (bicyclic) bond motifs is 2. The molecule has 2 aliphatic rings. The van der Waals surface area contributed by atoms with E-state index in [0.29, 0.717) is 11.5 Å². The number of hydrogen-bond acceptors (Lipinski definition) is 8. The summed E-state index contributed by atoms with van der Waals surface area (Å²) in [4.78, 5) is 2.40. The van der Waals surface area contributed by atoms with E-state index in [1.54, 1.807) is 34.5 Å². The summed E-state index contributed by atoms with van der Waals surface area (Å²) in [6.07, 6.45) is 3.50. The van der Waals surface area contributed by atoms with Crippen LogP contribution in [0.2, 0.25) is 0 Å². The molecule has 0 amide bonds. The number of nitrogens with one attached hydrogen (secondary N) is 1. The summed E-state index contributed by atoms with van der Waals surface area (Å²) in [6.45, 7) is 1.86. The molecule has 0 saturated carbocycles. The van der Waals surface area contributed by atoms with Gasteiger partial charge in [0.1, 0.15) is 5.75 Å². The van der Waals surface area contributed by atoms with Crippen LogP contribution in [0.4, 0.5) is 0 Å². The van der Waals surface area contributed by atoms with Gasteiger partial charge in [0.2, 0.25) is 0 Å². The third-order valence-electron chi connectivity index (χ3n) is 9.12. The Morgan fingerprint density at radius 2 is 1.29 bits per heavy atom. The zero-order valence-electron chi connectivity index (χ0n) is 26.7.